The van der Waals surface area contributed by atoms with Gasteiger partial charge in [0.2, 0.25) is 0 Å². The molecule has 2 nitrogen and oxygen atoms in total. The highest BCUT2D eigenvalue weighted by atomic mass is 32.1. The van der Waals surface area contributed by atoms with E-state index in [1.165, 1.54) is 12.1 Å². The van der Waals surface area contributed by atoms with E-state index in [0.717, 1.165) is 17.4 Å². The maximum atomic E-state index is 13.6. The Morgan fingerprint density at radius 2 is 2.06 bits per heavy atom. The third kappa shape index (κ3) is 1.77. The number of halogens is 2. The minimum Gasteiger partial charge on any atom is -0.397 e. The number of rotatable bonds is 1. The van der Waals surface area contributed by atoms with Gasteiger partial charge in [-0.25, -0.2) is 8.78 Å². The molecule has 2 rings (SSSR count). The molecule has 0 bridgehead atoms. The van der Waals surface area contributed by atoms with E-state index in [2.05, 4.69) is 0 Å². The van der Waals surface area contributed by atoms with Crippen LogP contribution < -0.4 is 5.73 Å². The Bertz CT molecular complexity index is 626. The van der Waals surface area contributed by atoms with Gasteiger partial charge in [-0.3, -0.25) is 0 Å². The average Bonchev–Trinajstić information content (AvgIpc) is 2.60. The summed E-state index contributed by atoms with van der Waals surface area (Å²) in [5.41, 5.74) is 6.79. The lowest BCUT2D eigenvalue weighted by Crippen LogP contribution is -1.90. The molecule has 0 saturated carbocycles. The highest BCUT2D eigenvalue weighted by Crippen LogP contribution is 2.38. The Kier molecular flexibility index (Phi) is 2.82. The fourth-order valence-corrected chi connectivity index (χ4v) is 2.59. The molecule has 0 radical (unpaired) electrons. The number of nitrogens with zero attached hydrogens (tertiary/aromatic N) is 1. The zero-order chi connectivity index (χ0) is 12.6. The molecule has 0 spiro atoms. The van der Waals surface area contributed by atoms with E-state index in [1.54, 1.807) is 6.92 Å². The van der Waals surface area contributed by atoms with Gasteiger partial charge in [0.1, 0.15) is 10.9 Å². The zero-order valence-corrected chi connectivity index (χ0v) is 9.74. The molecular weight excluding hydrogens is 242 g/mol. The number of thiophene rings is 1. The number of hydrogen-bond donors (Lipinski definition) is 1. The van der Waals surface area contributed by atoms with Crippen LogP contribution in [0.4, 0.5) is 14.5 Å². The molecule has 0 aliphatic carbocycles. The van der Waals surface area contributed by atoms with E-state index in [-0.39, 0.29) is 5.56 Å². The largest absolute Gasteiger partial charge is 0.397 e. The summed E-state index contributed by atoms with van der Waals surface area (Å²) in [6, 6.07) is 5.89. The molecule has 1 heterocycles. The van der Waals surface area contributed by atoms with Crippen LogP contribution in [0.1, 0.15) is 10.4 Å². The molecule has 0 fully saturated rings. The molecule has 0 amide bonds. The summed E-state index contributed by atoms with van der Waals surface area (Å²) < 4.78 is 26.7. The summed E-state index contributed by atoms with van der Waals surface area (Å²) in [6.07, 6.45) is 0. The molecule has 2 N–H and O–H groups in total. The van der Waals surface area contributed by atoms with Gasteiger partial charge >= 0.3 is 0 Å². The Labute approximate surface area is 101 Å². The minimum absolute atomic E-state index is 0.140. The highest BCUT2D eigenvalue weighted by molar-refractivity contribution is 7.16. The SMILES string of the molecule is Cc1c(-c2cccc(F)c2F)sc(C#N)c1N. The molecule has 0 atom stereocenters. The number of nitriles is 1. The van der Waals surface area contributed by atoms with Crippen molar-refractivity contribution < 1.29 is 8.78 Å². The molecule has 0 unspecified atom stereocenters. The second-order valence-corrected chi connectivity index (χ2v) is 4.53. The third-order valence-corrected chi connectivity index (χ3v) is 3.74. The van der Waals surface area contributed by atoms with Crippen LogP contribution in [0.25, 0.3) is 10.4 Å². The maximum Gasteiger partial charge on any atom is 0.167 e. The van der Waals surface area contributed by atoms with Crippen molar-refractivity contribution in [2.24, 2.45) is 0 Å². The number of anilines is 1. The third-order valence-electron chi connectivity index (χ3n) is 2.49. The molecule has 0 aliphatic heterocycles. The molecule has 2 aromatic rings. The molecule has 86 valence electrons. The first-order valence-corrected chi connectivity index (χ1v) is 5.61. The van der Waals surface area contributed by atoms with Gasteiger partial charge in [-0.1, -0.05) is 12.1 Å². The van der Waals surface area contributed by atoms with Crippen LogP contribution in [0, 0.1) is 29.9 Å². The standard InChI is InChI=1S/C12H8F2N2S/c1-6-11(16)9(5-15)17-12(6)7-3-2-4-8(13)10(7)14/h2-4H,16H2,1H3. The fourth-order valence-electron chi connectivity index (χ4n) is 1.55. The first kappa shape index (κ1) is 11.6. The molecule has 5 heteroatoms. The summed E-state index contributed by atoms with van der Waals surface area (Å²) in [7, 11) is 0. The Balaban J connectivity index is 2.70. The van der Waals surface area contributed by atoms with Gasteiger partial charge < -0.3 is 5.73 Å². The van der Waals surface area contributed by atoms with E-state index in [0.29, 0.717) is 21.0 Å². The molecule has 0 saturated heterocycles. The molecule has 1 aromatic heterocycles. The first-order valence-electron chi connectivity index (χ1n) is 4.79. The van der Waals surface area contributed by atoms with Crippen molar-refractivity contribution in [2.45, 2.75) is 6.92 Å². The lowest BCUT2D eigenvalue weighted by atomic mass is 10.1. The topological polar surface area (TPSA) is 49.8 Å². The van der Waals surface area contributed by atoms with Crippen molar-refractivity contribution in [3.05, 3.63) is 40.3 Å². The number of hydrogen-bond acceptors (Lipinski definition) is 3. The summed E-state index contributed by atoms with van der Waals surface area (Å²) in [6.45, 7) is 1.69. The zero-order valence-electron chi connectivity index (χ0n) is 8.92. The first-order chi connectivity index (χ1) is 8.06. The van der Waals surface area contributed by atoms with E-state index in [9.17, 15) is 8.78 Å². The predicted molar refractivity (Wildman–Crippen MR) is 63.5 cm³/mol. The van der Waals surface area contributed by atoms with Crippen molar-refractivity contribution in [3.63, 3.8) is 0 Å². The van der Waals surface area contributed by atoms with Crippen LogP contribution in [-0.4, -0.2) is 0 Å². The van der Waals surface area contributed by atoms with E-state index in [1.807, 2.05) is 6.07 Å². The lowest BCUT2D eigenvalue weighted by Gasteiger charge is -2.02. The number of nitrogen functional groups attached to an aromatic ring is 1. The van der Waals surface area contributed by atoms with Crippen molar-refractivity contribution >= 4 is 17.0 Å². The van der Waals surface area contributed by atoms with Gasteiger partial charge in [-0.2, -0.15) is 5.26 Å². The normalized spacial score (nSPS) is 10.2. The lowest BCUT2D eigenvalue weighted by molar-refractivity contribution is 0.511. The van der Waals surface area contributed by atoms with Crippen LogP contribution in [0.15, 0.2) is 18.2 Å². The number of benzene rings is 1. The van der Waals surface area contributed by atoms with Gasteiger partial charge in [0, 0.05) is 10.4 Å². The summed E-state index contributed by atoms with van der Waals surface area (Å²) >= 11 is 1.07. The van der Waals surface area contributed by atoms with Gasteiger partial charge in [-0.15, -0.1) is 11.3 Å². The van der Waals surface area contributed by atoms with Gasteiger partial charge in [-0.05, 0) is 18.6 Å². The van der Waals surface area contributed by atoms with E-state index in [4.69, 9.17) is 11.0 Å². The Morgan fingerprint density at radius 3 is 2.65 bits per heavy atom. The van der Waals surface area contributed by atoms with Crippen LogP contribution >= 0.6 is 11.3 Å². The molecule has 0 aliphatic rings. The highest BCUT2D eigenvalue weighted by Gasteiger charge is 2.18. The quantitative estimate of drug-likeness (QED) is 0.842. The fraction of sp³-hybridized carbons (Fsp3) is 0.0833. The Morgan fingerprint density at radius 1 is 1.35 bits per heavy atom. The summed E-state index contributed by atoms with van der Waals surface area (Å²) in [5, 5.41) is 8.84. The van der Waals surface area contributed by atoms with Crippen LogP contribution in [0.2, 0.25) is 0 Å². The second kappa shape index (κ2) is 4.15. The Hall–Kier alpha value is -1.93. The predicted octanol–water partition coefficient (Wildman–Crippen LogP) is 3.46. The summed E-state index contributed by atoms with van der Waals surface area (Å²) in [5.74, 6) is -1.83. The number of nitrogens with two attached hydrogens (primary N) is 1. The second-order valence-electron chi connectivity index (χ2n) is 3.51. The molecular formula is C12H8F2N2S. The smallest absolute Gasteiger partial charge is 0.167 e. The van der Waals surface area contributed by atoms with E-state index < -0.39 is 11.6 Å². The summed E-state index contributed by atoms with van der Waals surface area (Å²) in [4.78, 5) is 0.817. The van der Waals surface area contributed by atoms with Crippen LogP contribution in [0.5, 0.6) is 0 Å². The van der Waals surface area contributed by atoms with Crippen LogP contribution in [-0.2, 0) is 0 Å². The molecule has 17 heavy (non-hydrogen) atoms. The average molecular weight is 250 g/mol. The van der Waals surface area contributed by atoms with Gasteiger partial charge in [0.15, 0.2) is 11.6 Å². The maximum absolute atomic E-state index is 13.6. The van der Waals surface area contributed by atoms with Crippen molar-refractivity contribution in [1.82, 2.24) is 0 Å². The van der Waals surface area contributed by atoms with Crippen molar-refractivity contribution in [1.29, 1.82) is 5.26 Å². The van der Waals surface area contributed by atoms with Crippen molar-refractivity contribution in [2.75, 3.05) is 5.73 Å². The van der Waals surface area contributed by atoms with E-state index >= 15 is 0 Å². The van der Waals surface area contributed by atoms with Crippen molar-refractivity contribution in [3.8, 4) is 16.5 Å². The van der Waals surface area contributed by atoms with Gasteiger partial charge in [0.05, 0.1) is 5.69 Å². The monoisotopic (exact) mass is 250 g/mol. The van der Waals surface area contributed by atoms with Crippen LogP contribution in [0.3, 0.4) is 0 Å². The van der Waals surface area contributed by atoms with Gasteiger partial charge in [0.25, 0.3) is 0 Å². The molecule has 1 aromatic carbocycles. The minimum atomic E-state index is -0.915.